The van der Waals surface area contributed by atoms with Crippen molar-refractivity contribution in [3.8, 4) is 0 Å². The smallest absolute Gasteiger partial charge is 0.255 e. The number of nitrogens with zero attached hydrogens (tertiary/aromatic N) is 1. The van der Waals surface area contributed by atoms with Gasteiger partial charge in [0, 0.05) is 25.9 Å². The van der Waals surface area contributed by atoms with Crippen molar-refractivity contribution >= 4 is 35.6 Å². The molecule has 1 aromatic carbocycles. The van der Waals surface area contributed by atoms with Crippen molar-refractivity contribution in [2.45, 2.75) is 18.9 Å². The summed E-state index contributed by atoms with van der Waals surface area (Å²) in [5.74, 6) is -0.0539. The second-order valence-corrected chi connectivity index (χ2v) is 4.90. The summed E-state index contributed by atoms with van der Waals surface area (Å²) in [5, 5.41) is 0.402. The summed E-state index contributed by atoms with van der Waals surface area (Å²) in [7, 11) is 1.68. The van der Waals surface area contributed by atoms with E-state index in [-0.39, 0.29) is 24.4 Å². The molecule has 1 amide bonds. The molecule has 0 radical (unpaired) electrons. The van der Waals surface area contributed by atoms with Crippen molar-refractivity contribution in [1.29, 1.82) is 0 Å². The lowest BCUT2D eigenvalue weighted by molar-refractivity contribution is 0.0269. The molecule has 4 nitrogen and oxygen atoms in total. The number of hydrogen-bond donors (Lipinski definition) is 1. The van der Waals surface area contributed by atoms with Crippen molar-refractivity contribution in [2.75, 3.05) is 25.9 Å². The van der Waals surface area contributed by atoms with Crippen LogP contribution in [0.25, 0.3) is 0 Å². The molecule has 0 bridgehead atoms. The molecule has 1 fully saturated rings. The van der Waals surface area contributed by atoms with Gasteiger partial charge in [-0.1, -0.05) is 11.6 Å². The maximum absolute atomic E-state index is 12.3. The maximum Gasteiger partial charge on any atom is 0.255 e. The fraction of sp³-hybridized carbons (Fsp3) is 0.462. The van der Waals surface area contributed by atoms with Crippen LogP contribution in [0.3, 0.4) is 0 Å². The number of likely N-dealkylation sites (tertiary alicyclic amines) is 1. The first-order valence-electron chi connectivity index (χ1n) is 5.99. The van der Waals surface area contributed by atoms with Gasteiger partial charge in [-0.2, -0.15) is 0 Å². The van der Waals surface area contributed by atoms with E-state index in [9.17, 15) is 4.79 Å². The van der Waals surface area contributed by atoms with Crippen LogP contribution in [0.5, 0.6) is 0 Å². The number of rotatable bonds is 2. The average molecular weight is 305 g/mol. The van der Waals surface area contributed by atoms with Gasteiger partial charge < -0.3 is 15.4 Å². The lowest BCUT2D eigenvalue weighted by Crippen LogP contribution is -2.43. The standard InChI is InChI=1S/C13H17ClN2O2.ClH/c1-18-10-3-2-6-16(8-10)13(17)11-5-4-9(15)7-12(11)14;/h4-5,7,10H,2-3,6,8,15H2,1H3;1H. The van der Waals surface area contributed by atoms with Crippen LogP contribution in [0.15, 0.2) is 18.2 Å². The van der Waals surface area contributed by atoms with Gasteiger partial charge in [-0.05, 0) is 31.0 Å². The molecular weight excluding hydrogens is 287 g/mol. The molecule has 1 atom stereocenters. The van der Waals surface area contributed by atoms with Crippen LogP contribution in [-0.2, 0) is 4.74 Å². The Labute approximate surface area is 124 Å². The molecule has 0 saturated carbocycles. The van der Waals surface area contributed by atoms with E-state index < -0.39 is 0 Å². The number of anilines is 1. The summed E-state index contributed by atoms with van der Waals surface area (Å²) in [6.45, 7) is 1.37. The van der Waals surface area contributed by atoms with Crippen LogP contribution in [0.4, 0.5) is 5.69 Å². The minimum absolute atomic E-state index is 0. The third kappa shape index (κ3) is 3.75. The number of nitrogen functional groups attached to an aromatic ring is 1. The number of methoxy groups -OCH3 is 1. The van der Waals surface area contributed by atoms with Crippen LogP contribution in [-0.4, -0.2) is 37.1 Å². The SMILES string of the molecule is COC1CCCN(C(=O)c2ccc(N)cc2Cl)C1.Cl. The van der Waals surface area contributed by atoms with E-state index in [1.165, 1.54) is 0 Å². The third-order valence-corrected chi connectivity index (χ3v) is 3.53. The van der Waals surface area contributed by atoms with E-state index in [2.05, 4.69) is 0 Å². The number of amides is 1. The molecule has 1 heterocycles. The van der Waals surface area contributed by atoms with E-state index >= 15 is 0 Å². The summed E-state index contributed by atoms with van der Waals surface area (Å²) in [6.07, 6.45) is 2.07. The molecule has 1 aromatic rings. The fourth-order valence-corrected chi connectivity index (χ4v) is 2.46. The Morgan fingerprint density at radius 1 is 1.53 bits per heavy atom. The summed E-state index contributed by atoms with van der Waals surface area (Å²) in [6, 6.07) is 4.97. The highest BCUT2D eigenvalue weighted by Crippen LogP contribution is 2.22. The number of piperidine rings is 1. The predicted molar refractivity (Wildman–Crippen MR) is 79.0 cm³/mol. The Morgan fingerprint density at radius 2 is 2.26 bits per heavy atom. The molecule has 2 N–H and O–H groups in total. The molecule has 2 rings (SSSR count). The van der Waals surface area contributed by atoms with Gasteiger partial charge in [-0.15, -0.1) is 12.4 Å². The number of ether oxygens (including phenoxy) is 1. The quantitative estimate of drug-likeness (QED) is 0.855. The molecule has 19 heavy (non-hydrogen) atoms. The fourth-order valence-electron chi connectivity index (χ4n) is 2.19. The first-order chi connectivity index (χ1) is 8.61. The van der Waals surface area contributed by atoms with Crippen LogP contribution in [0, 0.1) is 0 Å². The molecule has 0 aliphatic carbocycles. The highest BCUT2D eigenvalue weighted by Gasteiger charge is 2.25. The lowest BCUT2D eigenvalue weighted by Gasteiger charge is -2.32. The highest BCUT2D eigenvalue weighted by atomic mass is 35.5. The van der Waals surface area contributed by atoms with E-state index in [0.29, 0.717) is 22.8 Å². The number of benzene rings is 1. The zero-order chi connectivity index (χ0) is 13.1. The summed E-state index contributed by atoms with van der Waals surface area (Å²) >= 11 is 6.06. The van der Waals surface area contributed by atoms with Crippen molar-refractivity contribution in [1.82, 2.24) is 4.90 Å². The highest BCUT2D eigenvalue weighted by molar-refractivity contribution is 6.34. The van der Waals surface area contributed by atoms with Crippen molar-refractivity contribution < 1.29 is 9.53 Å². The van der Waals surface area contributed by atoms with Gasteiger partial charge in [0.1, 0.15) is 0 Å². The third-order valence-electron chi connectivity index (χ3n) is 3.22. The van der Waals surface area contributed by atoms with E-state index in [1.807, 2.05) is 0 Å². The molecule has 0 aromatic heterocycles. The topological polar surface area (TPSA) is 55.6 Å². The second kappa shape index (κ2) is 6.98. The number of carbonyl (C=O) groups is 1. The van der Waals surface area contributed by atoms with Crippen LogP contribution in [0.2, 0.25) is 5.02 Å². The largest absolute Gasteiger partial charge is 0.399 e. The van der Waals surface area contributed by atoms with Gasteiger partial charge in [0.25, 0.3) is 5.91 Å². The number of hydrogen-bond acceptors (Lipinski definition) is 3. The minimum atomic E-state index is -0.0539. The van der Waals surface area contributed by atoms with Crippen molar-refractivity contribution in [3.63, 3.8) is 0 Å². The summed E-state index contributed by atoms with van der Waals surface area (Å²) in [4.78, 5) is 14.1. The first-order valence-corrected chi connectivity index (χ1v) is 6.36. The van der Waals surface area contributed by atoms with Gasteiger partial charge in [0.15, 0.2) is 0 Å². The minimum Gasteiger partial charge on any atom is -0.399 e. The van der Waals surface area contributed by atoms with E-state index in [4.69, 9.17) is 22.1 Å². The molecule has 1 unspecified atom stereocenters. The molecule has 1 aliphatic heterocycles. The molecule has 1 aliphatic rings. The van der Waals surface area contributed by atoms with Crippen LogP contribution >= 0.6 is 24.0 Å². The zero-order valence-electron chi connectivity index (χ0n) is 10.8. The van der Waals surface area contributed by atoms with Crippen molar-refractivity contribution in [3.05, 3.63) is 28.8 Å². The number of halogens is 2. The van der Waals surface area contributed by atoms with Crippen LogP contribution in [0.1, 0.15) is 23.2 Å². The second-order valence-electron chi connectivity index (χ2n) is 4.49. The maximum atomic E-state index is 12.3. The Kier molecular flexibility index (Phi) is 5.91. The lowest BCUT2D eigenvalue weighted by atomic mass is 10.1. The van der Waals surface area contributed by atoms with E-state index in [1.54, 1.807) is 30.2 Å². The Balaban J connectivity index is 0.00000180. The zero-order valence-corrected chi connectivity index (χ0v) is 12.3. The van der Waals surface area contributed by atoms with Crippen LogP contribution < -0.4 is 5.73 Å². The summed E-state index contributed by atoms with van der Waals surface area (Å²) in [5.41, 5.74) is 6.68. The number of carbonyl (C=O) groups excluding carboxylic acids is 1. The molecular formula is C13H18Cl2N2O2. The monoisotopic (exact) mass is 304 g/mol. The molecule has 0 spiro atoms. The first kappa shape index (κ1) is 16.1. The van der Waals surface area contributed by atoms with Gasteiger partial charge in [0.05, 0.1) is 16.7 Å². The Morgan fingerprint density at radius 3 is 2.89 bits per heavy atom. The molecule has 106 valence electrons. The summed E-state index contributed by atoms with van der Waals surface area (Å²) < 4.78 is 5.31. The van der Waals surface area contributed by atoms with Crippen molar-refractivity contribution in [2.24, 2.45) is 0 Å². The van der Waals surface area contributed by atoms with E-state index in [0.717, 1.165) is 19.4 Å². The molecule has 1 saturated heterocycles. The average Bonchev–Trinajstić information content (AvgIpc) is 2.38. The van der Waals surface area contributed by atoms with Gasteiger partial charge in [-0.25, -0.2) is 0 Å². The predicted octanol–water partition coefficient (Wildman–Crippen LogP) is 2.60. The molecule has 6 heteroatoms. The Bertz CT molecular complexity index is 454. The number of nitrogens with two attached hydrogens (primary N) is 1. The van der Waals surface area contributed by atoms with Gasteiger partial charge in [-0.3, -0.25) is 4.79 Å². The van der Waals surface area contributed by atoms with Gasteiger partial charge in [0.2, 0.25) is 0 Å². The normalized spacial score (nSPS) is 18.8. The Hall–Kier alpha value is -0.970. The van der Waals surface area contributed by atoms with Gasteiger partial charge >= 0.3 is 0 Å².